The minimum atomic E-state index is -0.427. The third-order valence-corrected chi connectivity index (χ3v) is 5.59. The van der Waals surface area contributed by atoms with Gasteiger partial charge in [-0.05, 0) is 30.7 Å². The molecule has 0 saturated carbocycles. The van der Waals surface area contributed by atoms with Gasteiger partial charge < -0.3 is 10.1 Å². The molecule has 0 atom stereocenters. The molecule has 0 spiro atoms. The molecule has 1 N–H and O–H groups in total. The van der Waals surface area contributed by atoms with Crippen LogP contribution in [0.3, 0.4) is 0 Å². The number of aromatic nitrogens is 2. The molecule has 28 heavy (non-hydrogen) atoms. The first-order valence-electron chi connectivity index (χ1n) is 8.51. The van der Waals surface area contributed by atoms with Crippen molar-refractivity contribution in [3.63, 3.8) is 0 Å². The monoisotopic (exact) mass is 409 g/mol. The molecule has 2 heterocycles. The van der Waals surface area contributed by atoms with E-state index in [9.17, 15) is 4.79 Å². The lowest BCUT2D eigenvalue weighted by Gasteiger charge is -2.11. The zero-order valence-electron chi connectivity index (χ0n) is 15.2. The molecule has 0 radical (unpaired) electrons. The Bertz CT molecular complexity index is 1170. The molecule has 0 aliphatic rings. The van der Waals surface area contributed by atoms with Gasteiger partial charge in [0, 0.05) is 10.9 Å². The number of carbonyl (C=O) groups is 1. The highest BCUT2D eigenvalue weighted by atomic mass is 35.5. The zero-order valence-corrected chi connectivity index (χ0v) is 16.8. The molecule has 4 aromatic rings. The van der Waals surface area contributed by atoms with Crippen LogP contribution in [-0.2, 0) is 4.74 Å². The van der Waals surface area contributed by atoms with Gasteiger partial charge in [0.15, 0.2) is 0 Å². The lowest BCUT2D eigenvalue weighted by atomic mass is 10.0. The molecule has 0 bridgehead atoms. The fraction of sp³-hybridized carbons (Fsp3) is 0.0952. The number of halogens is 1. The molecule has 140 valence electrons. The van der Waals surface area contributed by atoms with E-state index in [1.54, 1.807) is 29.5 Å². The SMILES string of the molecule is COC(=O)c1ccc(Cl)c(Nc2ncnc3scc(-c4ccc(C)cc4)c23)c1. The Morgan fingerprint density at radius 1 is 1.14 bits per heavy atom. The number of carbonyl (C=O) groups excluding carboxylic acids is 1. The number of esters is 1. The van der Waals surface area contributed by atoms with Gasteiger partial charge in [0.25, 0.3) is 0 Å². The van der Waals surface area contributed by atoms with Gasteiger partial charge in [-0.15, -0.1) is 11.3 Å². The predicted molar refractivity (Wildman–Crippen MR) is 114 cm³/mol. The molecule has 0 aliphatic heterocycles. The summed E-state index contributed by atoms with van der Waals surface area (Å²) in [6, 6.07) is 13.2. The average Bonchev–Trinajstić information content (AvgIpc) is 3.15. The highest BCUT2D eigenvalue weighted by Gasteiger charge is 2.15. The van der Waals surface area contributed by atoms with E-state index in [0.717, 1.165) is 21.3 Å². The fourth-order valence-electron chi connectivity index (χ4n) is 2.91. The van der Waals surface area contributed by atoms with Crippen molar-refractivity contribution in [3.05, 3.63) is 70.3 Å². The van der Waals surface area contributed by atoms with Crippen molar-refractivity contribution < 1.29 is 9.53 Å². The zero-order chi connectivity index (χ0) is 19.7. The highest BCUT2D eigenvalue weighted by Crippen LogP contribution is 2.38. The molecule has 4 rings (SSSR count). The van der Waals surface area contributed by atoms with Crippen LogP contribution in [0.15, 0.2) is 54.2 Å². The second-order valence-electron chi connectivity index (χ2n) is 6.23. The summed E-state index contributed by atoms with van der Waals surface area (Å²) in [5.41, 5.74) is 4.31. The van der Waals surface area contributed by atoms with Gasteiger partial charge in [0.05, 0.1) is 28.8 Å². The van der Waals surface area contributed by atoms with Crippen molar-refractivity contribution in [2.24, 2.45) is 0 Å². The fourth-order valence-corrected chi connectivity index (χ4v) is 3.99. The summed E-state index contributed by atoms with van der Waals surface area (Å²) < 4.78 is 4.79. The smallest absolute Gasteiger partial charge is 0.337 e. The van der Waals surface area contributed by atoms with Crippen molar-refractivity contribution in [2.45, 2.75) is 6.92 Å². The third kappa shape index (κ3) is 3.44. The second kappa shape index (κ2) is 7.58. The summed E-state index contributed by atoms with van der Waals surface area (Å²) in [5.74, 6) is 0.203. The van der Waals surface area contributed by atoms with Crippen LogP contribution in [0, 0.1) is 6.92 Å². The van der Waals surface area contributed by atoms with E-state index in [1.807, 2.05) is 0 Å². The summed E-state index contributed by atoms with van der Waals surface area (Å²) in [6.45, 7) is 2.06. The van der Waals surface area contributed by atoms with Crippen LogP contribution in [0.25, 0.3) is 21.3 Å². The number of hydrogen-bond acceptors (Lipinski definition) is 6. The molecule has 0 saturated heterocycles. The number of anilines is 2. The van der Waals surface area contributed by atoms with Gasteiger partial charge in [0.2, 0.25) is 0 Å². The van der Waals surface area contributed by atoms with E-state index in [1.165, 1.54) is 19.0 Å². The number of ether oxygens (including phenoxy) is 1. The van der Waals surface area contributed by atoms with E-state index in [0.29, 0.717) is 22.1 Å². The molecule has 2 aromatic carbocycles. The van der Waals surface area contributed by atoms with Crippen LogP contribution in [-0.4, -0.2) is 23.0 Å². The number of hydrogen-bond donors (Lipinski definition) is 1. The number of nitrogens with zero attached hydrogens (tertiary/aromatic N) is 2. The van der Waals surface area contributed by atoms with Crippen LogP contribution < -0.4 is 5.32 Å². The molecule has 5 nitrogen and oxygen atoms in total. The molecule has 0 unspecified atom stereocenters. The van der Waals surface area contributed by atoms with E-state index >= 15 is 0 Å². The third-order valence-electron chi connectivity index (χ3n) is 4.37. The van der Waals surface area contributed by atoms with Gasteiger partial charge in [0.1, 0.15) is 17.0 Å². The number of aryl methyl sites for hydroxylation is 1. The molecular weight excluding hydrogens is 394 g/mol. The minimum Gasteiger partial charge on any atom is -0.465 e. The van der Waals surface area contributed by atoms with Crippen LogP contribution in [0.1, 0.15) is 15.9 Å². The summed E-state index contributed by atoms with van der Waals surface area (Å²) >= 11 is 7.89. The van der Waals surface area contributed by atoms with Crippen molar-refractivity contribution >= 4 is 50.6 Å². The molecule has 0 aliphatic carbocycles. The van der Waals surface area contributed by atoms with E-state index in [-0.39, 0.29) is 0 Å². The van der Waals surface area contributed by atoms with E-state index in [2.05, 4.69) is 51.9 Å². The number of fused-ring (bicyclic) bond motifs is 1. The van der Waals surface area contributed by atoms with E-state index < -0.39 is 5.97 Å². The summed E-state index contributed by atoms with van der Waals surface area (Å²) in [5, 5.41) is 6.72. The molecule has 0 amide bonds. The lowest BCUT2D eigenvalue weighted by molar-refractivity contribution is 0.0601. The first-order valence-corrected chi connectivity index (χ1v) is 9.76. The largest absolute Gasteiger partial charge is 0.465 e. The van der Waals surface area contributed by atoms with Crippen molar-refractivity contribution in [1.82, 2.24) is 9.97 Å². The predicted octanol–water partition coefficient (Wildman–Crippen LogP) is 5.85. The first kappa shape index (κ1) is 18.4. The molecule has 7 heteroatoms. The Labute approximate surface area is 171 Å². The van der Waals surface area contributed by atoms with Crippen molar-refractivity contribution in [2.75, 3.05) is 12.4 Å². The number of nitrogens with one attached hydrogen (secondary N) is 1. The summed E-state index contributed by atoms with van der Waals surface area (Å²) in [6.07, 6.45) is 1.51. The maximum Gasteiger partial charge on any atom is 0.337 e. The number of benzene rings is 2. The van der Waals surface area contributed by atoms with Crippen LogP contribution in [0.4, 0.5) is 11.5 Å². The Morgan fingerprint density at radius 2 is 1.93 bits per heavy atom. The van der Waals surface area contributed by atoms with Crippen LogP contribution >= 0.6 is 22.9 Å². The summed E-state index contributed by atoms with van der Waals surface area (Å²) in [7, 11) is 1.34. The molecule has 0 fully saturated rings. The van der Waals surface area contributed by atoms with E-state index in [4.69, 9.17) is 16.3 Å². The number of methoxy groups -OCH3 is 1. The molecular formula is C21H16ClN3O2S. The maximum absolute atomic E-state index is 11.9. The second-order valence-corrected chi connectivity index (χ2v) is 7.49. The van der Waals surface area contributed by atoms with Crippen molar-refractivity contribution in [1.29, 1.82) is 0 Å². The number of rotatable bonds is 4. The van der Waals surface area contributed by atoms with Gasteiger partial charge in [-0.2, -0.15) is 0 Å². The lowest BCUT2D eigenvalue weighted by Crippen LogP contribution is -2.03. The standard InChI is InChI=1S/C21H16ClN3O2S/c1-12-3-5-13(6-4-12)15-10-28-20-18(15)19(23-11-24-20)25-17-9-14(21(26)27-2)7-8-16(17)22/h3-11H,1-2H3,(H,23,24,25). The Kier molecular flexibility index (Phi) is 4.98. The first-order chi connectivity index (χ1) is 13.6. The average molecular weight is 410 g/mol. The van der Waals surface area contributed by atoms with Gasteiger partial charge in [-0.1, -0.05) is 41.4 Å². The van der Waals surface area contributed by atoms with Crippen molar-refractivity contribution in [3.8, 4) is 11.1 Å². The highest BCUT2D eigenvalue weighted by molar-refractivity contribution is 7.17. The van der Waals surface area contributed by atoms with Crippen LogP contribution in [0.5, 0.6) is 0 Å². The topological polar surface area (TPSA) is 64.1 Å². The van der Waals surface area contributed by atoms with Crippen LogP contribution in [0.2, 0.25) is 5.02 Å². The Hall–Kier alpha value is -2.96. The Morgan fingerprint density at radius 3 is 2.68 bits per heavy atom. The normalized spacial score (nSPS) is 10.8. The minimum absolute atomic E-state index is 0.406. The maximum atomic E-state index is 11.9. The molecule has 2 aromatic heterocycles. The van der Waals surface area contributed by atoms with Gasteiger partial charge in [-0.25, -0.2) is 14.8 Å². The Balaban J connectivity index is 1.81. The number of thiophene rings is 1. The van der Waals surface area contributed by atoms with Gasteiger partial charge in [-0.3, -0.25) is 0 Å². The quantitative estimate of drug-likeness (QED) is 0.428. The van der Waals surface area contributed by atoms with Gasteiger partial charge >= 0.3 is 5.97 Å². The summed E-state index contributed by atoms with van der Waals surface area (Å²) in [4.78, 5) is 21.5.